The summed E-state index contributed by atoms with van der Waals surface area (Å²) < 4.78 is 60.3. The quantitative estimate of drug-likeness (QED) is 0.0896. The topological polar surface area (TPSA) is 255 Å². The molecule has 1 N–H and O–H groups in total. The van der Waals surface area contributed by atoms with Crippen molar-refractivity contribution in [3.63, 3.8) is 0 Å². The van der Waals surface area contributed by atoms with E-state index in [-0.39, 0.29) is 60.2 Å². The molecular formula is C69H93FN14O10S. The van der Waals surface area contributed by atoms with Crippen LogP contribution in [0.1, 0.15) is 152 Å². The molecule has 0 radical (unpaired) electrons. The van der Waals surface area contributed by atoms with Gasteiger partial charge in [0.05, 0.1) is 57.4 Å². The van der Waals surface area contributed by atoms with Crippen LogP contribution in [0.4, 0.5) is 25.6 Å². The largest absolute Gasteiger partial charge is 0.492 e. The van der Waals surface area contributed by atoms with Crippen LogP contribution in [0.15, 0.2) is 72.3 Å². The van der Waals surface area contributed by atoms with E-state index in [4.69, 9.17) is 29.2 Å². The van der Waals surface area contributed by atoms with Crippen molar-refractivity contribution in [2.24, 2.45) is 0 Å². The lowest BCUT2D eigenvalue weighted by molar-refractivity contribution is -0.121. The normalized spacial score (nSPS) is 19.7. The molecule has 0 bridgehead atoms. The summed E-state index contributed by atoms with van der Waals surface area (Å²) in [4.78, 5) is 93.3. The average Bonchev–Trinajstić information content (AvgIpc) is 1.75. The third kappa shape index (κ3) is 15.7. The van der Waals surface area contributed by atoms with Gasteiger partial charge in [0.15, 0.2) is 9.84 Å². The number of carbonyl (C=O) groups excluding carboxylic acids is 4. The molecule has 4 aliphatic rings. The van der Waals surface area contributed by atoms with Crippen molar-refractivity contribution >= 4 is 56.4 Å². The zero-order valence-corrected chi connectivity index (χ0v) is 58.5. The second-order valence-corrected chi connectivity index (χ2v) is 32.1. The van der Waals surface area contributed by atoms with E-state index < -0.39 is 55.3 Å². The number of hydrogen-bond donors (Lipinski definition) is 1. The number of hydrogen-bond acceptors (Lipinski definition) is 20. The highest BCUT2D eigenvalue weighted by molar-refractivity contribution is 7.92. The Morgan fingerprint density at radius 3 is 2.09 bits per heavy atom. The molecule has 512 valence electrons. The molecule has 4 atom stereocenters. The summed E-state index contributed by atoms with van der Waals surface area (Å²) in [5.74, 6) is 0.0186. The molecule has 8 heterocycles. The van der Waals surface area contributed by atoms with Crippen LogP contribution in [0, 0.1) is 19.7 Å². The van der Waals surface area contributed by atoms with Gasteiger partial charge in [0.1, 0.15) is 40.1 Å². The molecule has 0 aliphatic carbocycles. The van der Waals surface area contributed by atoms with Crippen LogP contribution in [0.25, 0.3) is 10.9 Å². The first-order chi connectivity index (χ1) is 44.5. The van der Waals surface area contributed by atoms with Crippen molar-refractivity contribution in [3.8, 4) is 5.75 Å². The number of amides is 3. The molecule has 3 fully saturated rings. The number of aryl methyl sites for hydroxylation is 1. The van der Waals surface area contributed by atoms with E-state index in [0.29, 0.717) is 141 Å². The van der Waals surface area contributed by atoms with Crippen molar-refractivity contribution in [1.29, 1.82) is 0 Å². The van der Waals surface area contributed by atoms with Crippen LogP contribution in [0.2, 0.25) is 0 Å². The number of ether oxygens (including phenoxy) is 3. The molecule has 2 aromatic carbocycles. The zero-order valence-electron chi connectivity index (χ0n) is 57.6. The van der Waals surface area contributed by atoms with Gasteiger partial charge in [-0.05, 0) is 132 Å². The lowest BCUT2D eigenvalue weighted by Gasteiger charge is -2.48. The Morgan fingerprint density at radius 2 is 1.44 bits per heavy atom. The number of rotatable bonds is 16. The van der Waals surface area contributed by atoms with E-state index in [1.807, 2.05) is 66.4 Å². The Labute approximate surface area is 557 Å². The highest BCUT2D eigenvalue weighted by atomic mass is 32.2. The molecule has 24 nitrogen and oxygen atoms in total. The minimum Gasteiger partial charge on any atom is -0.492 e. The second kappa shape index (κ2) is 27.4. The smallest absolute Gasteiger partial charge is 0.435 e. The van der Waals surface area contributed by atoms with Gasteiger partial charge >= 0.3 is 12.2 Å². The molecule has 0 spiro atoms. The van der Waals surface area contributed by atoms with Gasteiger partial charge in [-0.15, -0.1) is 0 Å². The van der Waals surface area contributed by atoms with Gasteiger partial charge in [-0.1, -0.05) is 26.0 Å². The molecule has 4 aromatic heterocycles. The van der Waals surface area contributed by atoms with E-state index in [1.54, 1.807) is 82.1 Å². The van der Waals surface area contributed by atoms with Gasteiger partial charge in [0.25, 0.3) is 5.91 Å². The first-order valence-corrected chi connectivity index (χ1v) is 34.3. The number of anilines is 2. The standard InChI is InChI=1S/C69H93FN14O10S/c1-43-36-80(27-26-79(43)38-51-39-82(64(88)93-66(5,6)7)44(2)37-81(51)40-59(85)83-41-69(14,15)61-56(83)29-48(33-71-61)60(86)47-17-19-50(70)20-18-47)63-72-34-49(35-73-63)62(87)78-24-22-77(23-25-78)21-16-28-92-57-32-54-52(30-58(57)95(90,91)68(11,12)13)53(74-42-75-54)31-55-45(3)46(4)76-84(55)65(89)94-67(8,9)10/h17-20,29-30,32-35,42-44,51,60,86H,16,21-28,31,36-41H2,1-15H3/t43-,44-,51+,60?/m1/s1. The van der Waals surface area contributed by atoms with Gasteiger partial charge in [0.2, 0.25) is 11.9 Å². The highest BCUT2D eigenvalue weighted by Crippen LogP contribution is 2.42. The lowest BCUT2D eigenvalue weighted by atomic mass is 9.90. The third-order valence-electron chi connectivity index (χ3n) is 18.3. The van der Waals surface area contributed by atoms with Crippen molar-refractivity contribution in [3.05, 3.63) is 118 Å². The van der Waals surface area contributed by atoms with Crippen molar-refractivity contribution in [2.45, 2.75) is 167 Å². The number of piperazine rings is 3. The number of sulfone groups is 1. The predicted molar refractivity (Wildman–Crippen MR) is 358 cm³/mol. The monoisotopic (exact) mass is 1330 g/mol. The number of nitrogens with zero attached hydrogens (tertiary/aromatic N) is 14. The Kier molecular flexibility index (Phi) is 20.2. The number of fused-ring (bicyclic) bond motifs is 2. The van der Waals surface area contributed by atoms with Crippen LogP contribution in [-0.4, -0.2) is 222 Å². The van der Waals surface area contributed by atoms with Crippen molar-refractivity contribution in [2.75, 3.05) is 101 Å². The van der Waals surface area contributed by atoms with E-state index >= 15 is 0 Å². The summed E-state index contributed by atoms with van der Waals surface area (Å²) in [7, 11) is -3.94. The highest BCUT2D eigenvalue weighted by Gasteiger charge is 2.44. The number of carbonyl (C=O) groups is 4. The molecule has 3 amide bonds. The van der Waals surface area contributed by atoms with E-state index in [0.717, 1.165) is 11.3 Å². The Morgan fingerprint density at radius 1 is 0.768 bits per heavy atom. The van der Waals surface area contributed by atoms with E-state index in [1.165, 1.54) is 35.3 Å². The summed E-state index contributed by atoms with van der Waals surface area (Å²) in [5.41, 5.74) is 3.85. The maximum absolute atomic E-state index is 14.7. The first-order valence-electron chi connectivity index (χ1n) is 32.8. The number of pyridine rings is 1. The predicted octanol–water partition coefficient (Wildman–Crippen LogP) is 8.17. The van der Waals surface area contributed by atoms with Crippen molar-refractivity contribution in [1.82, 2.24) is 59.2 Å². The maximum atomic E-state index is 14.7. The second-order valence-electron chi connectivity index (χ2n) is 29.4. The summed E-state index contributed by atoms with van der Waals surface area (Å²) in [6.07, 6.45) is 4.86. The number of aliphatic hydroxyl groups is 1. The molecule has 1 unspecified atom stereocenters. The molecule has 10 rings (SSSR count). The van der Waals surface area contributed by atoms with E-state index in [9.17, 15) is 37.1 Å². The summed E-state index contributed by atoms with van der Waals surface area (Å²) in [5, 5.41) is 16.3. The maximum Gasteiger partial charge on any atom is 0.435 e. The minimum atomic E-state index is -3.94. The Bertz CT molecular complexity index is 3930. The first kappa shape index (κ1) is 70.0. The fourth-order valence-electron chi connectivity index (χ4n) is 12.8. The van der Waals surface area contributed by atoms with Crippen LogP contribution in [0.3, 0.4) is 0 Å². The molecule has 4 aliphatic heterocycles. The third-order valence-corrected chi connectivity index (χ3v) is 20.8. The van der Waals surface area contributed by atoms with Crippen molar-refractivity contribution < 1.29 is 51.3 Å². The van der Waals surface area contributed by atoms with Crippen LogP contribution in [-0.2, 0) is 35.9 Å². The fourth-order valence-corrected chi connectivity index (χ4v) is 14.1. The summed E-state index contributed by atoms with van der Waals surface area (Å²) in [6.45, 7) is 34.5. The number of aliphatic hydroxyl groups excluding tert-OH is 1. The Hall–Kier alpha value is -7.78. The zero-order chi connectivity index (χ0) is 68.9. The van der Waals surface area contributed by atoms with Gasteiger partial charge < -0.3 is 38.9 Å². The molecular weight excluding hydrogens is 1240 g/mol. The number of halogens is 1. The number of benzene rings is 2. The van der Waals surface area contributed by atoms with Gasteiger partial charge in [0, 0.05) is 144 Å². The molecule has 95 heavy (non-hydrogen) atoms. The summed E-state index contributed by atoms with van der Waals surface area (Å²) in [6, 6.07) is 10.2. The molecule has 0 saturated carbocycles. The van der Waals surface area contributed by atoms with Gasteiger partial charge in [-0.3, -0.25) is 29.3 Å². The van der Waals surface area contributed by atoms with Crippen LogP contribution >= 0.6 is 0 Å². The van der Waals surface area contributed by atoms with E-state index in [2.05, 4.69) is 41.6 Å². The van der Waals surface area contributed by atoms with Crippen LogP contribution < -0.4 is 14.5 Å². The molecule has 6 aromatic rings. The molecule has 3 saturated heterocycles. The average molecular weight is 1330 g/mol. The number of aromatic nitrogens is 7. The minimum absolute atomic E-state index is 0.0215. The molecule has 26 heteroatoms. The van der Waals surface area contributed by atoms with Gasteiger partial charge in [-0.25, -0.2) is 42.3 Å². The lowest BCUT2D eigenvalue weighted by Crippen LogP contribution is -2.65. The summed E-state index contributed by atoms with van der Waals surface area (Å²) >= 11 is 0. The Balaban J connectivity index is 0.736. The van der Waals surface area contributed by atoms with Gasteiger partial charge in [-0.2, -0.15) is 9.78 Å². The van der Waals surface area contributed by atoms with Crippen LogP contribution in [0.5, 0.6) is 5.75 Å². The fraction of sp³-hybridized carbons (Fsp3) is 0.565. The SMILES string of the molecule is Cc1nn(C(=O)OC(C)(C)C)c(Cc2ncnc3cc(OCCCN4CCN(C(=O)c5cnc(N6CCN(C[C@H]7CN(C(=O)OC(C)(C)C)[C@H](C)CN7CC(=O)N7CC(C)(C)c8ncc(C(O)c9ccc(F)cc9)cc87)[C@H](C)C6)nc5)CC4)c(S(=O)(=O)C(C)(C)C)cc23)c1C.